The molecule has 0 bridgehead atoms. The fourth-order valence-corrected chi connectivity index (χ4v) is 5.87. The normalized spacial score (nSPS) is 23.3. The second kappa shape index (κ2) is 5.41. The van der Waals surface area contributed by atoms with Gasteiger partial charge in [0, 0.05) is 22.7 Å². The van der Waals surface area contributed by atoms with Crippen molar-refractivity contribution in [1.29, 1.82) is 0 Å². The van der Waals surface area contributed by atoms with Crippen LogP contribution in [0, 0.1) is 20.8 Å². The molecule has 0 spiro atoms. The lowest BCUT2D eigenvalue weighted by atomic mass is 10.2. The summed E-state index contributed by atoms with van der Waals surface area (Å²) in [5.41, 5.74) is 0. The number of aliphatic hydroxyl groups excluding tert-OH is 1. The molecule has 9 heteroatoms. The number of β-amino-alcohol motifs (C(OH)–C–C–N with tert-alkyl or cyclic N) is 1. The average Bonchev–Trinajstić information content (AvgIpc) is 3.09. The number of sulfonamides is 1. The lowest BCUT2D eigenvalue weighted by molar-refractivity contribution is 0.188. The molecule has 22 heavy (non-hydrogen) atoms. The average molecular weight is 343 g/mol. The molecule has 1 saturated heterocycles. The van der Waals surface area contributed by atoms with E-state index in [0.717, 1.165) is 9.75 Å². The van der Waals surface area contributed by atoms with Crippen LogP contribution in [0.2, 0.25) is 0 Å². The summed E-state index contributed by atoms with van der Waals surface area (Å²) in [7, 11) is -3.71. The van der Waals surface area contributed by atoms with Gasteiger partial charge in [-0.2, -0.15) is 9.29 Å². The first-order chi connectivity index (χ1) is 10.3. The number of hydrogen-bond acceptors (Lipinski definition) is 7. The molecule has 120 valence electrons. The Morgan fingerprint density at radius 3 is 2.68 bits per heavy atom. The minimum Gasteiger partial charge on any atom is -0.392 e. The Hall–Kier alpha value is -1.29. The second-order valence-electron chi connectivity index (χ2n) is 5.44. The highest BCUT2D eigenvalue weighted by Crippen LogP contribution is 2.38. The van der Waals surface area contributed by atoms with Crippen LogP contribution in [0.3, 0.4) is 0 Å². The second-order valence-corrected chi connectivity index (χ2v) is 8.76. The maximum absolute atomic E-state index is 12.9. The fourth-order valence-electron chi connectivity index (χ4n) is 2.71. The molecule has 1 N–H and O–H groups in total. The molecule has 1 fully saturated rings. The van der Waals surface area contributed by atoms with Crippen molar-refractivity contribution in [3.05, 3.63) is 27.5 Å². The van der Waals surface area contributed by atoms with Gasteiger partial charge in [0.15, 0.2) is 5.82 Å². The molecule has 2 atom stereocenters. The standard InChI is InChI=1S/C13H17N3O4S2/c1-7-4-12(8(2)21-7)22(18,19)16-6-10(17)5-11(16)13-14-9(3)15-20-13/h4,10-11,17H,5-6H2,1-3H3/t10-,11+/m0/s1. The van der Waals surface area contributed by atoms with Crippen LogP contribution in [0.15, 0.2) is 15.5 Å². The zero-order valence-electron chi connectivity index (χ0n) is 12.5. The first-order valence-corrected chi connectivity index (χ1v) is 9.12. The lowest BCUT2D eigenvalue weighted by Gasteiger charge is -2.20. The third-order valence-corrected chi connectivity index (χ3v) is 6.74. The summed E-state index contributed by atoms with van der Waals surface area (Å²) < 4.78 is 32.3. The van der Waals surface area contributed by atoms with E-state index in [4.69, 9.17) is 4.52 Å². The van der Waals surface area contributed by atoms with Crippen molar-refractivity contribution in [3.63, 3.8) is 0 Å². The Morgan fingerprint density at radius 1 is 1.41 bits per heavy atom. The van der Waals surface area contributed by atoms with E-state index in [1.807, 2.05) is 6.92 Å². The van der Waals surface area contributed by atoms with Gasteiger partial charge in [0.2, 0.25) is 15.9 Å². The lowest BCUT2D eigenvalue weighted by Crippen LogP contribution is -2.32. The predicted molar refractivity (Wildman–Crippen MR) is 80.1 cm³/mol. The van der Waals surface area contributed by atoms with Gasteiger partial charge in [0.1, 0.15) is 6.04 Å². The summed E-state index contributed by atoms with van der Waals surface area (Å²) in [6.07, 6.45) is -0.490. The highest BCUT2D eigenvalue weighted by molar-refractivity contribution is 7.89. The van der Waals surface area contributed by atoms with Crippen molar-refractivity contribution in [3.8, 4) is 0 Å². The summed E-state index contributed by atoms with van der Waals surface area (Å²) in [5, 5.41) is 13.6. The first-order valence-electron chi connectivity index (χ1n) is 6.86. The van der Waals surface area contributed by atoms with E-state index in [1.165, 1.54) is 15.6 Å². The van der Waals surface area contributed by atoms with Crippen LogP contribution in [0.4, 0.5) is 0 Å². The molecule has 0 amide bonds. The van der Waals surface area contributed by atoms with E-state index in [2.05, 4.69) is 10.1 Å². The van der Waals surface area contributed by atoms with Crippen molar-refractivity contribution in [2.24, 2.45) is 0 Å². The van der Waals surface area contributed by atoms with Crippen molar-refractivity contribution in [1.82, 2.24) is 14.4 Å². The molecule has 3 heterocycles. The van der Waals surface area contributed by atoms with Crippen molar-refractivity contribution >= 4 is 21.4 Å². The molecule has 3 rings (SSSR count). The van der Waals surface area contributed by atoms with Crippen LogP contribution in [-0.2, 0) is 10.0 Å². The molecule has 0 unspecified atom stereocenters. The Kier molecular flexibility index (Phi) is 3.84. The van der Waals surface area contributed by atoms with E-state index in [-0.39, 0.29) is 23.8 Å². The summed E-state index contributed by atoms with van der Waals surface area (Å²) >= 11 is 1.44. The largest absolute Gasteiger partial charge is 0.392 e. The van der Waals surface area contributed by atoms with Crippen LogP contribution in [-0.4, -0.2) is 40.6 Å². The first kappa shape index (κ1) is 15.6. The van der Waals surface area contributed by atoms with Gasteiger partial charge in [-0.25, -0.2) is 8.42 Å². The predicted octanol–water partition coefficient (Wildman–Crippen LogP) is 1.55. The highest BCUT2D eigenvalue weighted by atomic mass is 32.2. The van der Waals surface area contributed by atoms with Crippen LogP contribution >= 0.6 is 11.3 Å². The van der Waals surface area contributed by atoms with E-state index >= 15 is 0 Å². The highest BCUT2D eigenvalue weighted by Gasteiger charge is 2.44. The number of aromatic nitrogens is 2. The van der Waals surface area contributed by atoms with Gasteiger partial charge in [-0.15, -0.1) is 11.3 Å². The Labute approximate surface area is 132 Å². The minimum atomic E-state index is -3.71. The molecule has 0 radical (unpaired) electrons. The van der Waals surface area contributed by atoms with Gasteiger partial charge >= 0.3 is 0 Å². The number of nitrogens with zero attached hydrogens (tertiary/aromatic N) is 3. The third-order valence-electron chi connectivity index (χ3n) is 3.64. The summed E-state index contributed by atoms with van der Waals surface area (Å²) in [6.45, 7) is 5.35. The molecule has 2 aromatic heterocycles. The zero-order chi connectivity index (χ0) is 16.1. The van der Waals surface area contributed by atoms with E-state index in [1.54, 1.807) is 19.9 Å². The topological polar surface area (TPSA) is 96.5 Å². The summed E-state index contributed by atoms with van der Waals surface area (Å²) in [4.78, 5) is 6.07. The molecule has 1 aliphatic rings. The molecular weight excluding hydrogens is 326 g/mol. The van der Waals surface area contributed by atoms with Crippen molar-refractivity contribution < 1.29 is 18.0 Å². The smallest absolute Gasteiger partial charge is 0.245 e. The maximum atomic E-state index is 12.9. The number of rotatable bonds is 3. The number of aliphatic hydroxyl groups is 1. The fraction of sp³-hybridized carbons (Fsp3) is 0.538. The Bertz CT molecular complexity index is 796. The van der Waals surface area contributed by atoms with Crippen LogP contribution in [0.25, 0.3) is 0 Å². The molecule has 1 aliphatic heterocycles. The monoisotopic (exact) mass is 343 g/mol. The van der Waals surface area contributed by atoms with Gasteiger partial charge in [0.05, 0.1) is 11.0 Å². The quantitative estimate of drug-likeness (QED) is 0.908. The Morgan fingerprint density at radius 2 is 2.14 bits per heavy atom. The van der Waals surface area contributed by atoms with E-state index in [0.29, 0.717) is 5.82 Å². The van der Waals surface area contributed by atoms with Crippen LogP contribution in [0.1, 0.15) is 33.9 Å². The molecule has 0 aromatic carbocycles. The van der Waals surface area contributed by atoms with Crippen LogP contribution < -0.4 is 0 Å². The molecule has 7 nitrogen and oxygen atoms in total. The van der Waals surface area contributed by atoms with Gasteiger partial charge in [-0.3, -0.25) is 0 Å². The molecular formula is C13H17N3O4S2. The summed E-state index contributed by atoms with van der Waals surface area (Å²) in [5.74, 6) is 0.665. The SMILES string of the molecule is Cc1noc([C@H]2C[C@H](O)CN2S(=O)(=O)c2cc(C)sc2C)n1. The minimum absolute atomic E-state index is 0.0305. The number of aryl methyl sites for hydroxylation is 3. The van der Waals surface area contributed by atoms with Crippen molar-refractivity contribution in [2.75, 3.05) is 6.54 Å². The van der Waals surface area contributed by atoms with Gasteiger partial charge in [-0.05, 0) is 26.8 Å². The zero-order valence-corrected chi connectivity index (χ0v) is 14.1. The van der Waals surface area contributed by atoms with Gasteiger partial charge in [0.25, 0.3) is 0 Å². The molecule has 0 saturated carbocycles. The van der Waals surface area contributed by atoms with Crippen molar-refractivity contribution in [2.45, 2.75) is 44.2 Å². The van der Waals surface area contributed by atoms with Crippen LogP contribution in [0.5, 0.6) is 0 Å². The Balaban J connectivity index is 2.02. The molecule has 2 aromatic rings. The van der Waals surface area contributed by atoms with E-state index in [9.17, 15) is 13.5 Å². The van der Waals surface area contributed by atoms with E-state index < -0.39 is 22.2 Å². The van der Waals surface area contributed by atoms with Gasteiger partial charge in [-0.1, -0.05) is 5.16 Å². The molecule has 0 aliphatic carbocycles. The number of hydrogen-bond donors (Lipinski definition) is 1. The summed E-state index contributed by atoms with van der Waals surface area (Å²) in [6, 6.07) is 1.04. The third kappa shape index (κ3) is 2.58. The number of thiophene rings is 1. The maximum Gasteiger partial charge on any atom is 0.245 e. The van der Waals surface area contributed by atoms with Gasteiger partial charge < -0.3 is 9.63 Å².